The molecule has 6 nitrogen and oxygen atoms in total. The number of pyridine rings is 1. The second-order valence-corrected chi connectivity index (χ2v) is 7.93. The van der Waals surface area contributed by atoms with E-state index in [9.17, 15) is 9.59 Å². The molecule has 32 heavy (non-hydrogen) atoms. The van der Waals surface area contributed by atoms with Crippen LogP contribution in [0.3, 0.4) is 0 Å². The van der Waals surface area contributed by atoms with Gasteiger partial charge >= 0.3 is 0 Å². The molecule has 1 aliphatic rings. The summed E-state index contributed by atoms with van der Waals surface area (Å²) in [5.74, 6) is 1.03. The standard InChI is InChI=1S/C26H28N4O2/c31-25(14-11-21-6-2-1-3-7-21)28-20-22-9-12-23(13-10-22)26(32)30-18-16-29(17-19-30)24-8-4-5-15-27-24/h1-10,12-13,15H,11,14,16-20H2,(H,28,31). The van der Waals surface area contributed by atoms with E-state index in [-0.39, 0.29) is 11.8 Å². The number of hydrogen-bond donors (Lipinski definition) is 1. The van der Waals surface area contributed by atoms with Crippen molar-refractivity contribution in [1.82, 2.24) is 15.2 Å². The molecule has 2 amide bonds. The van der Waals surface area contributed by atoms with E-state index in [1.54, 1.807) is 6.20 Å². The lowest BCUT2D eigenvalue weighted by Crippen LogP contribution is -2.49. The molecule has 6 heteroatoms. The van der Waals surface area contributed by atoms with Gasteiger partial charge in [0.25, 0.3) is 5.91 Å². The van der Waals surface area contributed by atoms with Gasteiger partial charge < -0.3 is 15.1 Å². The molecule has 164 valence electrons. The average Bonchev–Trinajstić information content (AvgIpc) is 2.87. The summed E-state index contributed by atoms with van der Waals surface area (Å²) in [6.45, 7) is 3.36. The lowest BCUT2D eigenvalue weighted by molar-refractivity contribution is -0.121. The van der Waals surface area contributed by atoms with Crippen LogP contribution in [0.4, 0.5) is 5.82 Å². The van der Waals surface area contributed by atoms with Crippen LogP contribution >= 0.6 is 0 Å². The van der Waals surface area contributed by atoms with Gasteiger partial charge in [0.2, 0.25) is 5.91 Å². The highest BCUT2D eigenvalue weighted by Gasteiger charge is 2.22. The number of nitrogens with zero attached hydrogens (tertiary/aromatic N) is 3. The molecule has 1 N–H and O–H groups in total. The van der Waals surface area contributed by atoms with Gasteiger partial charge in [0.15, 0.2) is 0 Å². The molecule has 1 aromatic heterocycles. The van der Waals surface area contributed by atoms with E-state index in [0.29, 0.717) is 31.6 Å². The molecule has 3 aromatic rings. The average molecular weight is 429 g/mol. The first-order valence-corrected chi connectivity index (χ1v) is 11.0. The number of carbonyl (C=O) groups excluding carboxylic acids is 2. The maximum atomic E-state index is 12.9. The molecule has 0 aliphatic carbocycles. The minimum absolute atomic E-state index is 0.0276. The molecule has 2 heterocycles. The fourth-order valence-corrected chi connectivity index (χ4v) is 3.82. The normalized spacial score (nSPS) is 13.6. The summed E-state index contributed by atoms with van der Waals surface area (Å²) >= 11 is 0. The third-order valence-corrected chi connectivity index (χ3v) is 5.71. The van der Waals surface area contributed by atoms with E-state index >= 15 is 0 Å². The van der Waals surface area contributed by atoms with Crippen LogP contribution in [-0.4, -0.2) is 47.9 Å². The van der Waals surface area contributed by atoms with Crippen molar-refractivity contribution < 1.29 is 9.59 Å². The van der Waals surface area contributed by atoms with Crippen molar-refractivity contribution in [3.05, 3.63) is 95.7 Å². The summed E-state index contributed by atoms with van der Waals surface area (Å²) in [4.78, 5) is 33.5. The summed E-state index contributed by atoms with van der Waals surface area (Å²) in [6, 6.07) is 23.4. The van der Waals surface area contributed by atoms with Crippen molar-refractivity contribution in [2.45, 2.75) is 19.4 Å². The number of hydrogen-bond acceptors (Lipinski definition) is 4. The Morgan fingerprint density at radius 1 is 0.812 bits per heavy atom. The molecule has 0 atom stereocenters. The number of benzene rings is 2. The van der Waals surface area contributed by atoms with Crippen LogP contribution in [0.15, 0.2) is 79.0 Å². The van der Waals surface area contributed by atoms with Crippen molar-refractivity contribution in [1.29, 1.82) is 0 Å². The monoisotopic (exact) mass is 428 g/mol. The lowest BCUT2D eigenvalue weighted by Gasteiger charge is -2.35. The first-order valence-electron chi connectivity index (χ1n) is 11.0. The molecular formula is C26H28N4O2. The second kappa shape index (κ2) is 10.6. The SMILES string of the molecule is O=C(CCc1ccccc1)NCc1ccc(C(=O)N2CCN(c3ccccn3)CC2)cc1. The Balaban J connectivity index is 1.23. The lowest BCUT2D eigenvalue weighted by atomic mass is 10.1. The minimum Gasteiger partial charge on any atom is -0.353 e. The predicted molar refractivity (Wildman–Crippen MR) is 125 cm³/mol. The van der Waals surface area contributed by atoms with Crippen molar-refractivity contribution in [3.8, 4) is 0 Å². The second-order valence-electron chi connectivity index (χ2n) is 7.93. The molecule has 0 bridgehead atoms. The highest BCUT2D eigenvalue weighted by molar-refractivity contribution is 5.94. The summed E-state index contributed by atoms with van der Waals surface area (Å²) in [6.07, 6.45) is 2.99. The zero-order chi connectivity index (χ0) is 22.2. The molecule has 0 saturated carbocycles. The van der Waals surface area contributed by atoms with Gasteiger partial charge in [0.1, 0.15) is 5.82 Å². The van der Waals surface area contributed by atoms with Crippen LogP contribution in [0.1, 0.15) is 27.9 Å². The Bertz CT molecular complexity index is 1010. The van der Waals surface area contributed by atoms with E-state index < -0.39 is 0 Å². The molecule has 0 spiro atoms. The molecule has 1 fully saturated rings. The predicted octanol–water partition coefficient (Wildman–Crippen LogP) is 3.29. The van der Waals surface area contributed by atoms with Gasteiger partial charge in [-0.05, 0) is 41.8 Å². The Morgan fingerprint density at radius 3 is 2.22 bits per heavy atom. The topological polar surface area (TPSA) is 65.5 Å². The third kappa shape index (κ3) is 5.72. The van der Waals surface area contributed by atoms with Gasteiger partial charge in [-0.1, -0.05) is 48.5 Å². The number of piperazine rings is 1. The number of aromatic nitrogens is 1. The quantitative estimate of drug-likeness (QED) is 0.627. The summed E-state index contributed by atoms with van der Waals surface area (Å²) in [7, 11) is 0. The number of nitrogens with one attached hydrogen (secondary N) is 1. The summed E-state index contributed by atoms with van der Waals surface area (Å²) in [5.41, 5.74) is 2.82. The summed E-state index contributed by atoms with van der Waals surface area (Å²) in [5, 5.41) is 2.96. The van der Waals surface area contributed by atoms with Crippen LogP contribution in [0.2, 0.25) is 0 Å². The smallest absolute Gasteiger partial charge is 0.253 e. The Morgan fingerprint density at radius 2 is 1.53 bits per heavy atom. The van der Waals surface area contributed by atoms with E-state index in [1.165, 1.54) is 0 Å². The van der Waals surface area contributed by atoms with E-state index in [4.69, 9.17) is 0 Å². The number of anilines is 1. The fraction of sp³-hybridized carbons (Fsp3) is 0.269. The molecule has 4 rings (SSSR count). The van der Waals surface area contributed by atoms with Gasteiger partial charge in [-0.15, -0.1) is 0 Å². The number of amides is 2. The first kappa shape index (κ1) is 21.6. The Kier molecular flexibility index (Phi) is 7.12. The van der Waals surface area contributed by atoms with E-state index in [0.717, 1.165) is 36.5 Å². The molecule has 0 unspecified atom stereocenters. The van der Waals surface area contributed by atoms with Crippen LogP contribution in [0.5, 0.6) is 0 Å². The molecular weight excluding hydrogens is 400 g/mol. The molecule has 1 saturated heterocycles. The third-order valence-electron chi connectivity index (χ3n) is 5.71. The maximum absolute atomic E-state index is 12.9. The van der Waals surface area contributed by atoms with Crippen LogP contribution in [-0.2, 0) is 17.8 Å². The molecule has 0 radical (unpaired) electrons. The van der Waals surface area contributed by atoms with Crippen LogP contribution in [0.25, 0.3) is 0 Å². The van der Waals surface area contributed by atoms with Crippen molar-refractivity contribution in [3.63, 3.8) is 0 Å². The van der Waals surface area contributed by atoms with Gasteiger partial charge in [0, 0.05) is 50.9 Å². The molecule has 2 aromatic carbocycles. The van der Waals surface area contributed by atoms with E-state index in [2.05, 4.69) is 15.2 Å². The van der Waals surface area contributed by atoms with Gasteiger partial charge in [-0.25, -0.2) is 4.98 Å². The zero-order valence-corrected chi connectivity index (χ0v) is 18.1. The number of rotatable bonds is 7. The fourth-order valence-electron chi connectivity index (χ4n) is 3.82. The Labute approximate surface area is 188 Å². The summed E-state index contributed by atoms with van der Waals surface area (Å²) < 4.78 is 0. The minimum atomic E-state index is 0.0276. The zero-order valence-electron chi connectivity index (χ0n) is 18.1. The van der Waals surface area contributed by atoms with Gasteiger partial charge in [-0.3, -0.25) is 9.59 Å². The molecule has 1 aliphatic heterocycles. The number of aryl methyl sites for hydroxylation is 1. The highest BCUT2D eigenvalue weighted by Crippen LogP contribution is 2.15. The highest BCUT2D eigenvalue weighted by atomic mass is 16.2. The van der Waals surface area contributed by atoms with Crippen molar-refractivity contribution >= 4 is 17.6 Å². The maximum Gasteiger partial charge on any atom is 0.253 e. The van der Waals surface area contributed by atoms with Crippen molar-refractivity contribution in [2.75, 3.05) is 31.1 Å². The largest absolute Gasteiger partial charge is 0.353 e. The van der Waals surface area contributed by atoms with Crippen LogP contribution in [0, 0.1) is 0 Å². The van der Waals surface area contributed by atoms with Crippen LogP contribution < -0.4 is 10.2 Å². The number of carbonyl (C=O) groups is 2. The van der Waals surface area contributed by atoms with Crippen molar-refractivity contribution in [2.24, 2.45) is 0 Å². The Hall–Kier alpha value is -3.67. The first-order chi connectivity index (χ1) is 15.7. The van der Waals surface area contributed by atoms with Gasteiger partial charge in [0.05, 0.1) is 0 Å². The van der Waals surface area contributed by atoms with Gasteiger partial charge in [-0.2, -0.15) is 0 Å². The van der Waals surface area contributed by atoms with E-state index in [1.807, 2.05) is 77.7 Å².